The molecular weight excluding hydrogens is 312 g/mol. The zero-order chi connectivity index (χ0) is 17.6. The lowest BCUT2D eigenvalue weighted by Crippen LogP contribution is -2.35. The molecule has 1 aliphatic carbocycles. The number of aromatic nitrogens is 2. The van der Waals surface area contributed by atoms with Crippen LogP contribution >= 0.6 is 0 Å². The summed E-state index contributed by atoms with van der Waals surface area (Å²) in [4.78, 5) is 54.0. The molecule has 0 saturated heterocycles. The Morgan fingerprint density at radius 1 is 1.25 bits per heavy atom. The molecule has 0 amide bonds. The van der Waals surface area contributed by atoms with Crippen molar-refractivity contribution in [3.8, 4) is 0 Å². The molecule has 0 aromatic carbocycles. The Bertz CT molecular complexity index is 972. The number of nitrogens with zero attached hydrogens (tertiary/aromatic N) is 2. The van der Waals surface area contributed by atoms with E-state index in [0.717, 1.165) is 0 Å². The summed E-state index contributed by atoms with van der Waals surface area (Å²) in [5.74, 6) is -1.95. The fourth-order valence-electron chi connectivity index (χ4n) is 2.74. The summed E-state index contributed by atoms with van der Waals surface area (Å²) in [5, 5.41) is 0. The first-order valence-corrected chi connectivity index (χ1v) is 7.33. The maximum absolute atomic E-state index is 12.8. The van der Waals surface area contributed by atoms with Gasteiger partial charge in [0.2, 0.25) is 17.0 Å². The van der Waals surface area contributed by atoms with Crippen LogP contribution in [0.15, 0.2) is 23.3 Å². The highest BCUT2D eigenvalue weighted by Crippen LogP contribution is 2.24. The molecule has 0 fully saturated rings. The summed E-state index contributed by atoms with van der Waals surface area (Å²) in [6.45, 7) is 3.44. The molecule has 1 aliphatic rings. The number of hydrogen-bond donors (Lipinski definition) is 0. The zero-order valence-corrected chi connectivity index (χ0v) is 13.4. The SMILES string of the molecule is CCOC(=O)c1cn(C)c2c(c1=O)C(=O)c1cc(C)cnc1C2=O. The zero-order valence-electron chi connectivity index (χ0n) is 13.4. The molecule has 3 rings (SSSR count). The number of carbonyl (C=O) groups excluding carboxylic acids is 3. The van der Waals surface area contributed by atoms with Crippen molar-refractivity contribution in [1.82, 2.24) is 9.55 Å². The molecule has 2 heterocycles. The number of ether oxygens (including phenoxy) is 1. The van der Waals surface area contributed by atoms with Crippen LogP contribution < -0.4 is 5.43 Å². The highest BCUT2D eigenvalue weighted by Gasteiger charge is 2.36. The Morgan fingerprint density at radius 2 is 1.96 bits per heavy atom. The predicted octanol–water partition coefficient (Wildman–Crippen LogP) is 1.04. The molecule has 122 valence electrons. The van der Waals surface area contributed by atoms with Crippen LogP contribution in [0.2, 0.25) is 0 Å². The van der Waals surface area contributed by atoms with Crippen molar-refractivity contribution in [1.29, 1.82) is 0 Å². The van der Waals surface area contributed by atoms with Crippen LogP contribution in [0.25, 0.3) is 0 Å². The smallest absolute Gasteiger partial charge is 0.343 e. The van der Waals surface area contributed by atoms with Crippen molar-refractivity contribution in [3.05, 3.63) is 62.3 Å². The minimum atomic E-state index is -0.825. The fourth-order valence-corrected chi connectivity index (χ4v) is 2.74. The molecule has 0 N–H and O–H groups in total. The number of hydrogen-bond acceptors (Lipinski definition) is 6. The molecular formula is C17H14N2O5. The van der Waals surface area contributed by atoms with Crippen LogP contribution in [0.3, 0.4) is 0 Å². The molecule has 0 radical (unpaired) electrons. The first kappa shape index (κ1) is 15.8. The number of fused-ring (bicyclic) bond motifs is 2. The molecule has 0 aliphatic heterocycles. The maximum Gasteiger partial charge on any atom is 0.343 e. The monoisotopic (exact) mass is 326 g/mol. The van der Waals surface area contributed by atoms with Gasteiger partial charge < -0.3 is 9.30 Å². The topological polar surface area (TPSA) is 95.3 Å². The third-order valence-corrected chi connectivity index (χ3v) is 3.81. The minimum Gasteiger partial charge on any atom is -0.462 e. The molecule has 0 unspecified atom stereocenters. The molecule has 0 spiro atoms. The summed E-state index contributed by atoms with van der Waals surface area (Å²) in [6, 6.07) is 1.52. The van der Waals surface area contributed by atoms with Crippen molar-refractivity contribution in [2.45, 2.75) is 13.8 Å². The molecule has 7 nitrogen and oxygen atoms in total. The van der Waals surface area contributed by atoms with Crippen LogP contribution in [0.4, 0.5) is 0 Å². The van der Waals surface area contributed by atoms with E-state index in [-0.39, 0.29) is 34.7 Å². The van der Waals surface area contributed by atoms with E-state index in [4.69, 9.17) is 4.74 Å². The van der Waals surface area contributed by atoms with Crippen molar-refractivity contribution in [2.75, 3.05) is 6.61 Å². The van der Waals surface area contributed by atoms with E-state index in [9.17, 15) is 19.2 Å². The predicted molar refractivity (Wildman–Crippen MR) is 83.5 cm³/mol. The Morgan fingerprint density at radius 3 is 2.62 bits per heavy atom. The molecule has 7 heteroatoms. The Balaban J connectivity index is 2.32. The van der Waals surface area contributed by atoms with Gasteiger partial charge in [0, 0.05) is 19.4 Å². The van der Waals surface area contributed by atoms with Crippen molar-refractivity contribution in [3.63, 3.8) is 0 Å². The highest BCUT2D eigenvalue weighted by atomic mass is 16.5. The number of rotatable bonds is 2. The molecule has 2 aromatic heterocycles. The summed E-state index contributed by atoms with van der Waals surface area (Å²) in [7, 11) is 1.49. The van der Waals surface area contributed by atoms with Crippen LogP contribution in [0.5, 0.6) is 0 Å². The van der Waals surface area contributed by atoms with Crippen LogP contribution in [-0.4, -0.2) is 33.7 Å². The average Bonchev–Trinajstić information content (AvgIpc) is 2.54. The molecule has 0 atom stereocenters. The fraction of sp³-hybridized carbons (Fsp3) is 0.235. The molecule has 0 saturated carbocycles. The lowest BCUT2D eigenvalue weighted by atomic mass is 9.88. The van der Waals surface area contributed by atoms with E-state index in [1.54, 1.807) is 13.8 Å². The van der Waals surface area contributed by atoms with Crippen LogP contribution in [0, 0.1) is 6.92 Å². The van der Waals surface area contributed by atoms with Gasteiger partial charge in [0.05, 0.1) is 17.7 Å². The second-order valence-corrected chi connectivity index (χ2v) is 5.49. The van der Waals surface area contributed by atoms with Gasteiger partial charge in [-0.15, -0.1) is 0 Å². The number of esters is 1. The Kier molecular flexibility index (Phi) is 3.63. The number of pyridine rings is 2. The van der Waals surface area contributed by atoms with Crippen LogP contribution in [0.1, 0.15) is 54.9 Å². The van der Waals surface area contributed by atoms with E-state index in [2.05, 4.69) is 4.98 Å². The third kappa shape index (κ3) is 2.17. The van der Waals surface area contributed by atoms with E-state index in [0.29, 0.717) is 5.56 Å². The molecule has 0 bridgehead atoms. The second-order valence-electron chi connectivity index (χ2n) is 5.49. The van der Waals surface area contributed by atoms with Gasteiger partial charge >= 0.3 is 5.97 Å². The molecule has 24 heavy (non-hydrogen) atoms. The molecule has 2 aromatic rings. The van der Waals surface area contributed by atoms with Gasteiger partial charge in [-0.1, -0.05) is 0 Å². The minimum absolute atomic E-state index is 0.0111. The highest BCUT2D eigenvalue weighted by molar-refractivity contribution is 6.27. The van der Waals surface area contributed by atoms with Gasteiger partial charge in [0.1, 0.15) is 17.0 Å². The summed E-state index contributed by atoms with van der Waals surface area (Å²) >= 11 is 0. The summed E-state index contributed by atoms with van der Waals surface area (Å²) in [5.41, 5.74) is -0.676. The van der Waals surface area contributed by atoms with E-state index >= 15 is 0 Å². The van der Waals surface area contributed by atoms with Gasteiger partial charge in [0.25, 0.3) is 0 Å². The quantitative estimate of drug-likeness (QED) is 0.653. The number of ketones is 2. The van der Waals surface area contributed by atoms with Gasteiger partial charge in [-0.25, -0.2) is 4.79 Å². The summed E-state index contributed by atoms with van der Waals surface area (Å²) < 4.78 is 6.14. The van der Waals surface area contributed by atoms with Gasteiger partial charge in [-0.3, -0.25) is 19.4 Å². The van der Waals surface area contributed by atoms with E-state index < -0.39 is 23.0 Å². The van der Waals surface area contributed by atoms with Crippen LogP contribution in [-0.2, 0) is 11.8 Å². The first-order valence-electron chi connectivity index (χ1n) is 7.33. The Labute approximate surface area is 136 Å². The summed E-state index contributed by atoms with van der Waals surface area (Å²) in [6.07, 6.45) is 2.70. The van der Waals surface area contributed by atoms with Gasteiger partial charge in [-0.2, -0.15) is 0 Å². The maximum atomic E-state index is 12.8. The van der Waals surface area contributed by atoms with E-state index in [1.807, 2.05) is 0 Å². The van der Waals surface area contributed by atoms with Gasteiger partial charge in [-0.05, 0) is 25.5 Å². The average molecular weight is 326 g/mol. The number of aryl methyl sites for hydroxylation is 2. The normalized spacial score (nSPS) is 12.6. The third-order valence-electron chi connectivity index (χ3n) is 3.81. The van der Waals surface area contributed by atoms with Crippen molar-refractivity contribution < 1.29 is 19.1 Å². The second kappa shape index (κ2) is 5.52. The Hall–Kier alpha value is -3.09. The van der Waals surface area contributed by atoms with E-state index in [1.165, 1.54) is 30.1 Å². The van der Waals surface area contributed by atoms with Crippen molar-refractivity contribution in [2.24, 2.45) is 7.05 Å². The first-order chi connectivity index (χ1) is 11.4. The van der Waals surface area contributed by atoms with Gasteiger partial charge in [0.15, 0.2) is 0 Å². The largest absolute Gasteiger partial charge is 0.462 e. The lowest BCUT2D eigenvalue weighted by molar-refractivity contribution is 0.0523. The number of carbonyl (C=O) groups is 3. The standard InChI is InChI=1S/C17H14N2O5/c1-4-24-17(23)10-7-19(3)13-11(15(10)21)14(20)9-5-8(2)6-18-12(9)16(13)22/h5-7H,4H2,1-3H3. The van der Waals surface area contributed by atoms with Crippen molar-refractivity contribution >= 4 is 17.5 Å². The lowest BCUT2D eigenvalue weighted by Gasteiger charge is -2.19.